The average Bonchev–Trinajstić information content (AvgIpc) is 2.33. The van der Waals surface area contributed by atoms with E-state index in [9.17, 15) is 14.6 Å². The van der Waals surface area contributed by atoms with E-state index < -0.39 is 19.3 Å². The molecule has 5 atom stereocenters. The molecule has 92 valence electrons. The van der Waals surface area contributed by atoms with E-state index in [1.165, 1.54) is 0 Å². The number of aliphatic hydroxyl groups excluding tert-OH is 1. The molecule has 0 aromatic heterocycles. The van der Waals surface area contributed by atoms with Crippen molar-refractivity contribution in [2.75, 3.05) is 19.9 Å². The molecule has 2 bridgehead atoms. The van der Waals surface area contributed by atoms with Gasteiger partial charge < -0.3 is 19.5 Å². The third kappa shape index (κ3) is 2.08. The number of aliphatic hydroxyl groups is 1. The topological polar surface area (TPSA) is 85.2 Å². The highest BCUT2D eigenvalue weighted by Crippen LogP contribution is 2.48. The van der Waals surface area contributed by atoms with Crippen LogP contribution in [0.2, 0.25) is 0 Å². The van der Waals surface area contributed by atoms with E-state index in [4.69, 9.17) is 14.0 Å². The van der Waals surface area contributed by atoms with Crippen LogP contribution in [0.1, 0.15) is 6.42 Å². The molecule has 2 aliphatic rings. The second-order valence-electron chi connectivity index (χ2n) is 4.46. The molecular formula is C8H16BO6P. The Kier molecular flexibility index (Phi) is 3.20. The molecule has 0 spiro atoms. The van der Waals surface area contributed by atoms with Crippen molar-refractivity contribution in [3.8, 4) is 0 Å². The smallest absolute Gasteiger partial charge is 0.325 e. The fourth-order valence-electron chi connectivity index (χ4n) is 2.41. The van der Waals surface area contributed by atoms with Crippen molar-refractivity contribution in [2.24, 2.45) is 0 Å². The Hall–Kier alpha value is 0.0949. The molecular weight excluding hydrogens is 234 g/mol. The normalized spacial score (nSPS) is 46.6. The van der Waals surface area contributed by atoms with Crippen LogP contribution in [0.4, 0.5) is 0 Å². The van der Waals surface area contributed by atoms with Crippen molar-refractivity contribution in [2.45, 2.75) is 30.2 Å². The summed E-state index contributed by atoms with van der Waals surface area (Å²) in [5, 5.41) is 9.42. The van der Waals surface area contributed by atoms with Gasteiger partial charge in [-0.2, -0.15) is 0 Å². The number of hydrogen-bond acceptors (Lipinski definition) is 5. The predicted molar refractivity (Wildman–Crippen MR) is 58.2 cm³/mol. The lowest BCUT2D eigenvalue weighted by atomic mass is 9.86. The minimum absolute atomic E-state index is 0.234. The molecule has 16 heavy (non-hydrogen) atoms. The monoisotopic (exact) mass is 250 g/mol. The van der Waals surface area contributed by atoms with Gasteiger partial charge in [0.05, 0.1) is 19.2 Å². The zero-order chi connectivity index (χ0) is 12.0. The molecule has 2 rings (SSSR count). The van der Waals surface area contributed by atoms with Crippen LogP contribution >= 0.6 is 7.60 Å². The quantitative estimate of drug-likeness (QED) is 0.478. The van der Waals surface area contributed by atoms with Gasteiger partial charge in [-0.15, -0.1) is 0 Å². The molecule has 0 aromatic rings. The lowest BCUT2D eigenvalue weighted by Gasteiger charge is -2.37. The van der Waals surface area contributed by atoms with Gasteiger partial charge in [-0.05, 0) is 0 Å². The van der Waals surface area contributed by atoms with E-state index in [-0.39, 0.29) is 18.7 Å². The molecule has 0 aliphatic carbocycles. The first-order chi connectivity index (χ1) is 7.38. The Morgan fingerprint density at radius 1 is 1.69 bits per heavy atom. The van der Waals surface area contributed by atoms with Gasteiger partial charge in [-0.3, -0.25) is 9.09 Å². The predicted octanol–water partition coefficient (Wildman–Crippen LogP) is -1.30. The summed E-state index contributed by atoms with van der Waals surface area (Å²) in [6, 6.07) is -0.244. The molecule has 3 unspecified atom stereocenters. The van der Waals surface area contributed by atoms with Gasteiger partial charge in [0, 0.05) is 13.1 Å². The molecule has 2 fully saturated rings. The van der Waals surface area contributed by atoms with Crippen LogP contribution in [0.15, 0.2) is 0 Å². The fraction of sp³-hybridized carbons (Fsp3) is 1.00. The summed E-state index contributed by atoms with van der Waals surface area (Å²) in [5.41, 5.74) is -0.892. The van der Waals surface area contributed by atoms with Gasteiger partial charge in [0.25, 0.3) is 0 Å². The van der Waals surface area contributed by atoms with Gasteiger partial charge >= 0.3 is 7.60 Å². The molecule has 2 aliphatic heterocycles. The van der Waals surface area contributed by atoms with Crippen molar-refractivity contribution in [1.29, 1.82) is 0 Å². The van der Waals surface area contributed by atoms with E-state index >= 15 is 0 Å². The van der Waals surface area contributed by atoms with Gasteiger partial charge in [0.1, 0.15) is 25.7 Å². The van der Waals surface area contributed by atoms with Crippen molar-refractivity contribution in [3.05, 3.63) is 0 Å². The van der Waals surface area contributed by atoms with Crippen LogP contribution in [0.5, 0.6) is 0 Å². The largest absolute Gasteiger partial charge is 0.393 e. The lowest BCUT2D eigenvalue weighted by Crippen LogP contribution is -2.52. The van der Waals surface area contributed by atoms with Crippen LogP contribution < -0.4 is 0 Å². The zero-order valence-corrected chi connectivity index (χ0v) is 10.2. The minimum Gasteiger partial charge on any atom is -0.393 e. The molecule has 6 nitrogen and oxygen atoms in total. The van der Waals surface area contributed by atoms with Crippen molar-refractivity contribution in [3.63, 3.8) is 0 Å². The minimum atomic E-state index is -3.62. The highest BCUT2D eigenvalue weighted by atomic mass is 31.2. The zero-order valence-electron chi connectivity index (χ0n) is 9.33. The Morgan fingerprint density at radius 2 is 2.38 bits per heavy atom. The van der Waals surface area contributed by atoms with Gasteiger partial charge in [-0.1, -0.05) is 0 Å². The van der Waals surface area contributed by atoms with Crippen LogP contribution in [0.25, 0.3) is 0 Å². The maximum atomic E-state index is 11.3. The first-order valence-electron chi connectivity index (χ1n) is 5.27. The number of fused-ring (bicyclic) bond motifs is 2. The summed E-state index contributed by atoms with van der Waals surface area (Å²) >= 11 is 0. The van der Waals surface area contributed by atoms with Crippen molar-refractivity contribution >= 4 is 15.4 Å². The fourth-order valence-corrected chi connectivity index (χ4v) is 3.15. The molecule has 2 N–H and O–H groups in total. The van der Waals surface area contributed by atoms with Crippen molar-refractivity contribution < 1.29 is 28.6 Å². The van der Waals surface area contributed by atoms with Gasteiger partial charge in [0.2, 0.25) is 0 Å². The SMILES string of the molecule is B[C@@H]1O[C@@]2(CO)CCOC1C2OP(C)(=O)O. The number of rotatable bonds is 3. The molecule has 2 heterocycles. The van der Waals surface area contributed by atoms with E-state index in [0.717, 1.165) is 6.66 Å². The van der Waals surface area contributed by atoms with E-state index in [1.54, 1.807) is 0 Å². The van der Waals surface area contributed by atoms with E-state index in [0.29, 0.717) is 13.0 Å². The standard InChI is InChI=1S/C8H16BO6P/c1-16(11,12)15-6-5-7(9)14-8(6,4-10)2-3-13-5/h5-7,10H,2-4,9H2,1H3,(H,11,12)/t5?,6?,7-,8-/m1/s1. The molecule has 0 saturated carbocycles. The van der Waals surface area contributed by atoms with Crippen molar-refractivity contribution in [1.82, 2.24) is 0 Å². The van der Waals surface area contributed by atoms with Crippen LogP contribution in [0, 0.1) is 0 Å². The first kappa shape index (κ1) is 12.5. The summed E-state index contributed by atoms with van der Waals surface area (Å²) in [4.78, 5) is 9.27. The highest BCUT2D eigenvalue weighted by molar-refractivity contribution is 7.51. The third-order valence-electron chi connectivity index (χ3n) is 3.11. The maximum absolute atomic E-state index is 11.3. The maximum Gasteiger partial charge on any atom is 0.325 e. The molecule has 0 aromatic carbocycles. The lowest BCUT2D eigenvalue weighted by molar-refractivity contribution is -0.130. The Morgan fingerprint density at radius 3 is 2.94 bits per heavy atom. The van der Waals surface area contributed by atoms with Gasteiger partial charge in [0.15, 0.2) is 0 Å². The Balaban J connectivity index is 2.24. The highest BCUT2D eigenvalue weighted by Gasteiger charge is 2.58. The molecule has 0 amide bonds. The summed E-state index contributed by atoms with van der Waals surface area (Å²) in [7, 11) is -1.82. The summed E-state index contributed by atoms with van der Waals surface area (Å²) < 4.78 is 27.6. The summed E-state index contributed by atoms with van der Waals surface area (Å²) in [6.07, 6.45) is -0.599. The Labute approximate surface area is 94.8 Å². The number of ether oxygens (including phenoxy) is 2. The van der Waals surface area contributed by atoms with E-state index in [2.05, 4.69) is 0 Å². The Bertz CT molecular complexity index is 320. The van der Waals surface area contributed by atoms with Crippen LogP contribution in [-0.4, -0.2) is 61.5 Å². The second-order valence-corrected chi connectivity index (χ2v) is 6.28. The van der Waals surface area contributed by atoms with Crippen LogP contribution in [0.3, 0.4) is 0 Å². The first-order valence-corrected chi connectivity index (χ1v) is 7.29. The molecule has 0 radical (unpaired) electrons. The summed E-state index contributed by atoms with van der Waals surface area (Å²) in [5.74, 6) is 0. The molecule has 8 heteroatoms. The average molecular weight is 250 g/mol. The third-order valence-corrected chi connectivity index (χ3v) is 3.73. The summed E-state index contributed by atoms with van der Waals surface area (Å²) in [6.45, 7) is 1.35. The molecule has 2 saturated heterocycles. The van der Waals surface area contributed by atoms with E-state index in [1.807, 2.05) is 7.85 Å². The number of hydrogen-bond donors (Lipinski definition) is 2. The van der Waals surface area contributed by atoms with Gasteiger partial charge in [-0.25, -0.2) is 0 Å². The van der Waals surface area contributed by atoms with Crippen LogP contribution in [-0.2, 0) is 18.6 Å². The second kappa shape index (κ2) is 4.08.